The van der Waals surface area contributed by atoms with E-state index in [4.69, 9.17) is 5.11 Å². The van der Waals surface area contributed by atoms with Crippen molar-refractivity contribution in [1.82, 2.24) is 4.90 Å². The highest BCUT2D eigenvalue weighted by molar-refractivity contribution is 6.04. The summed E-state index contributed by atoms with van der Waals surface area (Å²) in [5, 5.41) is 9.16. The Morgan fingerprint density at radius 3 is 2.00 bits per heavy atom. The second kappa shape index (κ2) is 4.25. The van der Waals surface area contributed by atoms with Gasteiger partial charge in [-0.25, -0.2) is 0 Å². The molecule has 102 valence electrons. The first-order valence-electron chi connectivity index (χ1n) is 6.79. The number of hydrogen-bond acceptors (Lipinski definition) is 2. The molecule has 0 spiro atoms. The molecule has 2 fully saturated rings. The van der Waals surface area contributed by atoms with E-state index in [2.05, 4.69) is 13.8 Å². The van der Waals surface area contributed by atoms with Crippen molar-refractivity contribution in [3.05, 3.63) is 0 Å². The van der Waals surface area contributed by atoms with Gasteiger partial charge in [-0.15, -0.1) is 0 Å². The van der Waals surface area contributed by atoms with Crippen LogP contribution in [0.3, 0.4) is 0 Å². The Bertz CT molecular complexity index is 361. The average molecular weight is 253 g/mol. The van der Waals surface area contributed by atoms with Crippen LogP contribution in [0, 0.1) is 10.8 Å². The van der Waals surface area contributed by atoms with E-state index in [9.17, 15) is 9.59 Å². The lowest BCUT2D eigenvalue weighted by atomic mass is 9.75. The lowest BCUT2D eigenvalue weighted by Crippen LogP contribution is -2.46. The summed E-state index contributed by atoms with van der Waals surface area (Å²) in [6, 6.07) is 0.224. The molecule has 1 N–H and O–H groups in total. The van der Waals surface area contributed by atoms with Gasteiger partial charge in [0, 0.05) is 13.1 Å². The van der Waals surface area contributed by atoms with E-state index in [1.54, 1.807) is 11.9 Å². The number of nitrogens with zero attached hydrogens (tertiary/aromatic N) is 1. The molecule has 18 heavy (non-hydrogen) atoms. The van der Waals surface area contributed by atoms with Gasteiger partial charge in [-0.2, -0.15) is 0 Å². The largest absolute Gasteiger partial charge is 0.480 e. The highest BCUT2D eigenvalue weighted by Crippen LogP contribution is 2.48. The van der Waals surface area contributed by atoms with Gasteiger partial charge in [-0.05, 0) is 43.9 Å². The third-order valence-electron chi connectivity index (χ3n) is 4.75. The van der Waals surface area contributed by atoms with E-state index in [1.807, 2.05) is 0 Å². The molecule has 4 heteroatoms. The second-order valence-corrected chi connectivity index (χ2v) is 6.70. The van der Waals surface area contributed by atoms with Crippen LogP contribution in [0.4, 0.5) is 0 Å². The summed E-state index contributed by atoms with van der Waals surface area (Å²) >= 11 is 0. The van der Waals surface area contributed by atoms with Gasteiger partial charge >= 0.3 is 5.97 Å². The van der Waals surface area contributed by atoms with Crippen molar-refractivity contribution in [1.29, 1.82) is 0 Å². The quantitative estimate of drug-likeness (QED) is 0.785. The minimum Gasteiger partial charge on any atom is -0.480 e. The molecule has 0 atom stereocenters. The summed E-state index contributed by atoms with van der Waals surface area (Å²) in [6.45, 7) is 4.51. The van der Waals surface area contributed by atoms with Crippen molar-refractivity contribution in [3.63, 3.8) is 0 Å². The molecule has 0 unspecified atom stereocenters. The molecule has 0 aliphatic heterocycles. The van der Waals surface area contributed by atoms with Gasteiger partial charge in [0.25, 0.3) is 0 Å². The minimum absolute atomic E-state index is 0.181. The minimum atomic E-state index is -1.08. The van der Waals surface area contributed by atoms with Gasteiger partial charge in [0.15, 0.2) is 0 Å². The predicted octanol–water partition coefficient (Wildman–Crippen LogP) is 2.28. The van der Waals surface area contributed by atoms with Gasteiger partial charge in [0.05, 0.1) is 0 Å². The van der Waals surface area contributed by atoms with E-state index < -0.39 is 11.4 Å². The number of carboxylic acid groups (broad SMARTS) is 1. The molecule has 2 aliphatic carbocycles. The van der Waals surface area contributed by atoms with Crippen molar-refractivity contribution in [3.8, 4) is 0 Å². The van der Waals surface area contributed by atoms with E-state index >= 15 is 0 Å². The predicted molar refractivity (Wildman–Crippen MR) is 68.1 cm³/mol. The first kappa shape index (κ1) is 13.4. The Morgan fingerprint density at radius 1 is 1.11 bits per heavy atom. The van der Waals surface area contributed by atoms with Crippen LogP contribution in [0.15, 0.2) is 0 Å². The Labute approximate surface area is 108 Å². The number of rotatable bonds is 3. The first-order valence-corrected chi connectivity index (χ1v) is 6.79. The maximum atomic E-state index is 12.3. The van der Waals surface area contributed by atoms with Crippen LogP contribution in [0.5, 0.6) is 0 Å². The standard InChI is InChI=1S/C14H23NO3/c1-13(2)6-4-10(5-7-13)15(3)11(16)14(8-9-14)12(17)18/h10H,4-9H2,1-3H3,(H,17,18). The summed E-state index contributed by atoms with van der Waals surface area (Å²) < 4.78 is 0. The lowest BCUT2D eigenvalue weighted by Gasteiger charge is -2.39. The smallest absolute Gasteiger partial charge is 0.319 e. The van der Waals surface area contributed by atoms with Gasteiger partial charge in [-0.3, -0.25) is 9.59 Å². The number of carbonyl (C=O) groups is 2. The zero-order valence-electron chi connectivity index (χ0n) is 11.5. The van der Waals surface area contributed by atoms with Crippen molar-refractivity contribution in [2.45, 2.75) is 58.4 Å². The molecule has 2 saturated carbocycles. The maximum absolute atomic E-state index is 12.3. The fourth-order valence-corrected chi connectivity index (χ4v) is 2.92. The van der Waals surface area contributed by atoms with Crippen molar-refractivity contribution in [2.75, 3.05) is 7.05 Å². The highest BCUT2D eigenvalue weighted by atomic mass is 16.4. The van der Waals surface area contributed by atoms with Crippen molar-refractivity contribution >= 4 is 11.9 Å². The Balaban J connectivity index is 1.98. The molecule has 0 aromatic heterocycles. The SMILES string of the molecule is CN(C(=O)C1(C(=O)O)CC1)C1CCC(C)(C)CC1. The average Bonchev–Trinajstić information content (AvgIpc) is 3.08. The molecular weight excluding hydrogens is 230 g/mol. The topological polar surface area (TPSA) is 57.6 Å². The summed E-state index contributed by atoms with van der Waals surface area (Å²) in [6.07, 6.45) is 5.20. The Morgan fingerprint density at radius 2 is 1.61 bits per heavy atom. The monoisotopic (exact) mass is 253 g/mol. The number of amides is 1. The molecule has 0 aromatic rings. The molecule has 0 aromatic carbocycles. The third kappa shape index (κ3) is 2.25. The summed E-state index contributed by atoms with van der Waals surface area (Å²) in [5.74, 6) is -1.13. The summed E-state index contributed by atoms with van der Waals surface area (Å²) in [7, 11) is 1.77. The van der Waals surface area contributed by atoms with E-state index in [0.29, 0.717) is 18.3 Å². The van der Waals surface area contributed by atoms with Crippen LogP contribution < -0.4 is 0 Å². The van der Waals surface area contributed by atoms with Crippen molar-refractivity contribution < 1.29 is 14.7 Å². The normalized spacial score (nSPS) is 25.5. The van der Waals surface area contributed by atoms with E-state index in [0.717, 1.165) is 25.7 Å². The number of aliphatic carboxylic acids is 1. The molecule has 2 aliphatic rings. The van der Waals surface area contributed by atoms with Crippen LogP contribution >= 0.6 is 0 Å². The first-order chi connectivity index (χ1) is 8.28. The molecule has 0 heterocycles. The highest BCUT2D eigenvalue weighted by Gasteiger charge is 2.58. The van der Waals surface area contributed by atoms with E-state index in [-0.39, 0.29) is 11.9 Å². The summed E-state index contributed by atoms with van der Waals surface area (Å²) in [4.78, 5) is 25.1. The number of carboxylic acids is 1. The fraction of sp³-hybridized carbons (Fsp3) is 0.857. The van der Waals surface area contributed by atoms with Gasteiger partial charge in [-0.1, -0.05) is 13.8 Å². The fourth-order valence-electron chi connectivity index (χ4n) is 2.92. The third-order valence-corrected chi connectivity index (χ3v) is 4.75. The zero-order chi connectivity index (χ0) is 13.6. The summed E-state index contributed by atoms with van der Waals surface area (Å²) in [5.41, 5.74) is -0.716. The molecule has 0 bridgehead atoms. The molecule has 1 amide bonds. The van der Waals surface area contributed by atoms with Crippen LogP contribution in [0.2, 0.25) is 0 Å². The van der Waals surface area contributed by atoms with Gasteiger partial charge < -0.3 is 10.0 Å². The van der Waals surface area contributed by atoms with Gasteiger partial charge in [0.1, 0.15) is 5.41 Å². The van der Waals surface area contributed by atoms with Crippen LogP contribution in [-0.4, -0.2) is 35.0 Å². The molecular formula is C14H23NO3. The van der Waals surface area contributed by atoms with Gasteiger partial charge in [0.2, 0.25) is 5.91 Å². The lowest BCUT2D eigenvalue weighted by molar-refractivity contribution is -0.154. The Kier molecular flexibility index (Phi) is 3.16. The zero-order valence-corrected chi connectivity index (χ0v) is 11.5. The van der Waals surface area contributed by atoms with Crippen LogP contribution in [-0.2, 0) is 9.59 Å². The van der Waals surface area contributed by atoms with E-state index in [1.165, 1.54) is 0 Å². The van der Waals surface area contributed by atoms with Crippen LogP contribution in [0.25, 0.3) is 0 Å². The molecule has 4 nitrogen and oxygen atoms in total. The number of carbonyl (C=O) groups excluding carboxylic acids is 1. The van der Waals surface area contributed by atoms with Crippen LogP contribution in [0.1, 0.15) is 52.4 Å². The number of hydrogen-bond donors (Lipinski definition) is 1. The maximum Gasteiger partial charge on any atom is 0.319 e. The van der Waals surface area contributed by atoms with Crippen molar-refractivity contribution in [2.24, 2.45) is 10.8 Å². The Hall–Kier alpha value is -1.06. The molecule has 0 radical (unpaired) electrons. The molecule has 0 saturated heterocycles. The second-order valence-electron chi connectivity index (χ2n) is 6.70. The molecule has 2 rings (SSSR count).